The van der Waals surface area contributed by atoms with Gasteiger partial charge in [-0.05, 0) is 66.9 Å². The van der Waals surface area contributed by atoms with Gasteiger partial charge in [-0.1, -0.05) is 54.1 Å². The van der Waals surface area contributed by atoms with E-state index in [1.54, 1.807) is 54.6 Å². The number of halogens is 1. The number of carbonyl (C=O) groups excluding carboxylic acids is 2. The molecule has 0 bridgehead atoms. The molecule has 3 rings (SSSR count). The molecule has 0 N–H and O–H groups in total. The van der Waals surface area contributed by atoms with E-state index in [-0.39, 0.29) is 12.4 Å². The van der Waals surface area contributed by atoms with Crippen molar-refractivity contribution < 1.29 is 19.1 Å². The van der Waals surface area contributed by atoms with Crippen molar-refractivity contribution >= 4 is 29.4 Å². The highest BCUT2D eigenvalue weighted by molar-refractivity contribution is 6.30. The smallest absolute Gasteiger partial charge is 0.349 e. The van der Waals surface area contributed by atoms with Gasteiger partial charge >= 0.3 is 5.97 Å². The number of hydrogen-bond acceptors (Lipinski definition) is 4. The second-order valence-electron chi connectivity index (χ2n) is 6.75. The Balaban J connectivity index is 1.54. The Bertz CT molecular complexity index is 1080. The fourth-order valence-corrected chi connectivity index (χ4v) is 3.06. The summed E-state index contributed by atoms with van der Waals surface area (Å²) in [5.74, 6) is 0.412. The first-order valence-electron chi connectivity index (χ1n) is 9.40. The molecular formula is C25H21ClO4. The first-order valence-corrected chi connectivity index (χ1v) is 9.78. The minimum atomic E-state index is -0.512. The minimum Gasteiger partial charge on any atom is -0.482 e. The van der Waals surface area contributed by atoms with E-state index in [0.717, 1.165) is 16.7 Å². The molecule has 0 aliphatic rings. The fraction of sp³-hybridized carbons (Fsp3) is 0.120. The summed E-state index contributed by atoms with van der Waals surface area (Å²) in [5, 5.41) is 0.608. The molecule has 0 aliphatic heterocycles. The average Bonchev–Trinajstić information content (AvgIpc) is 2.73. The second kappa shape index (κ2) is 9.90. The molecule has 0 aliphatic carbocycles. The van der Waals surface area contributed by atoms with Gasteiger partial charge in [-0.2, -0.15) is 0 Å². The zero-order valence-corrected chi connectivity index (χ0v) is 17.5. The van der Waals surface area contributed by atoms with Crippen LogP contribution in [-0.4, -0.2) is 18.4 Å². The van der Waals surface area contributed by atoms with Gasteiger partial charge in [-0.15, -0.1) is 0 Å². The predicted molar refractivity (Wildman–Crippen MR) is 118 cm³/mol. The Morgan fingerprint density at radius 2 is 1.67 bits per heavy atom. The van der Waals surface area contributed by atoms with Gasteiger partial charge in [0.25, 0.3) is 0 Å². The van der Waals surface area contributed by atoms with E-state index < -0.39 is 5.97 Å². The summed E-state index contributed by atoms with van der Waals surface area (Å²) in [4.78, 5) is 24.3. The molecular weight excluding hydrogens is 400 g/mol. The molecule has 152 valence electrons. The number of carbonyl (C=O) groups is 2. The minimum absolute atomic E-state index is 0.0572. The maximum Gasteiger partial charge on any atom is 0.349 e. The van der Waals surface area contributed by atoms with Crippen LogP contribution in [0.3, 0.4) is 0 Å². The maximum absolute atomic E-state index is 12.3. The molecule has 4 nitrogen and oxygen atoms in total. The lowest BCUT2D eigenvalue weighted by Crippen LogP contribution is -2.18. The van der Waals surface area contributed by atoms with E-state index in [1.807, 2.05) is 32.0 Å². The van der Waals surface area contributed by atoms with Crippen molar-refractivity contribution in [2.24, 2.45) is 0 Å². The lowest BCUT2D eigenvalue weighted by atomic mass is 10.0. The number of benzene rings is 3. The highest BCUT2D eigenvalue weighted by Gasteiger charge is 2.08. The van der Waals surface area contributed by atoms with Crippen molar-refractivity contribution in [3.8, 4) is 11.5 Å². The number of ether oxygens (including phenoxy) is 2. The molecule has 0 fully saturated rings. The summed E-state index contributed by atoms with van der Waals surface area (Å²) in [5.41, 5.74) is 3.28. The van der Waals surface area contributed by atoms with Crippen LogP contribution < -0.4 is 9.47 Å². The number of hydrogen-bond donors (Lipinski definition) is 0. The van der Waals surface area contributed by atoms with E-state index >= 15 is 0 Å². The van der Waals surface area contributed by atoms with E-state index in [4.69, 9.17) is 21.1 Å². The molecule has 0 aromatic heterocycles. The summed E-state index contributed by atoms with van der Waals surface area (Å²) < 4.78 is 10.8. The molecule has 0 unspecified atom stereocenters. The average molecular weight is 421 g/mol. The lowest BCUT2D eigenvalue weighted by molar-refractivity contribution is -0.136. The molecule has 0 spiro atoms. The normalized spacial score (nSPS) is 10.8. The van der Waals surface area contributed by atoms with Crippen molar-refractivity contribution in [1.82, 2.24) is 0 Å². The van der Waals surface area contributed by atoms with Crippen LogP contribution in [0.25, 0.3) is 6.08 Å². The van der Waals surface area contributed by atoms with Crippen LogP contribution in [0.5, 0.6) is 11.5 Å². The van der Waals surface area contributed by atoms with Gasteiger partial charge in [0.15, 0.2) is 12.4 Å². The highest BCUT2D eigenvalue weighted by atomic mass is 35.5. The summed E-state index contributed by atoms with van der Waals surface area (Å²) in [7, 11) is 0. The largest absolute Gasteiger partial charge is 0.482 e. The zero-order valence-electron chi connectivity index (χ0n) is 16.7. The number of rotatable bonds is 7. The van der Waals surface area contributed by atoms with Crippen molar-refractivity contribution in [2.75, 3.05) is 6.61 Å². The third-order valence-corrected chi connectivity index (χ3v) is 4.67. The number of esters is 1. The van der Waals surface area contributed by atoms with Gasteiger partial charge < -0.3 is 9.47 Å². The Morgan fingerprint density at radius 3 is 2.37 bits per heavy atom. The Hall–Kier alpha value is -3.37. The maximum atomic E-state index is 12.3. The molecule has 0 atom stereocenters. The zero-order chi connectivity index (χ0) is 21.5. The third-order valence-electron chi connectivity index (χ3n) is 4.43. The first kappa shape index (κ1) is 21.3. The molecule has 0 saturated heterocycles. The van der Waals surface area contributed by atoms with Crippen molar-refractivity contribution in [1.29, 1.82) is 0 Å². The van der Waals surface area contributed by atoms with Crippen LogP contribution in [-0.2, 0) is 4.79 Å². The van der Waals surface area contributed by atoms with Crippen molar-refractivity contribution in [2.45, 2.75) is 13.8 Å². The summed E-state index contributed by atoms with van der Waals surface area (Å²) in [6, 6.07) is 19.5. The van der Waals surface area contributed by atoms with Crippen LogP contribution in [0.1, 0.15) is 27.0 Å². The number of allylic oxidation sites excluding steroid dienone is 1. The van der Waals surface area contributed by atoms with Gasteiger partial charge in [0.1, 0.15) is 11.5 Å². The molecule has 3 aromatic rings. The van der Waals surface area contributed by atoms with E-state index in [9.17, 15) is 9.59 Å². The van der Waals surface area contributed by atoms with E-state index in [0.29, 0.717) is 22.1 Å². The summed E-state index contributed by atoms with van der Waals surface area (Å²) in [6.45, 7) is 3.54. The Labute approximate surface area is 180 Å². The summed E-state index contributed by atoms with van der Waals surface area (Å²) >= 11 is 5.91. The lowest BCUT2D eigenvalue weighted by Gasteiger charge is -2.09. The van der Waals surface area contributed by atoms with Crippen LogP contribution in [0, 0.1) is 13.8 Å². The van der Waals surface area contributed by atoms with Crippen LogP contribution in [0.2, 0.25) is 5.02 Å². The first-order chi connectivity index (χ1) is 14.4. The predicted octanol–water partition coefficient (Wildman–Crippen LogP) is 5.84. The third kappa shape index (κ3) is 5.82. The van der Waals surface area contributed by atoms with Crippen LogP contribution >= 0.6 is 11.6 Å². The topological polar surface area (TPSA) is 52.6 Å². The van der Waals surface area contributed by atoms with E-state index in [2.05, 4.69) is 0 Å². The number of aryl methyl sites for hydroxylation is 2. The van der Waals surface area contributed by atoms with Crippen LogP contribution in [0.15, 0.2) is 72.8 Å². The highest BCUT2D eigenvalue weighted by Crippen LogP contribution is 2.22. The van der Waals surface area contributed by atoms with Crippen LogP contribution in [0.4, 0.5) is 0 Å². The SMILES string of the molecule is Cc1cc(Cl)ccc1OCC(=O)Oc1ccc(/C=C/C(=O)c2ccccc2C)cc1. The van der Waals surface area contributed by atoms with Gasteiger partial charge in [-0.25, -0.2) is 4.79 Å². The molecule has 0 radical (unpaired) electrons. The second-order valence-corrected chi connectivity index (χ2v) is 7.19. The molecule has 3 aromatic carbocycles. The monoisotopic (exact) mass is 420 g/mol. The van der Waals surface area contributed by atoms with Crippen molar-refractivity contribution in [3.63, 3.8) is 0 Å². The van der Waals surface area contributed by atoms with Gasteiger partial charge in [0.05, 0.1) is 0 Å². The number of ketones is 1. The van der Waals surface area contributed by atoms with E-state index in [1.165, 1.54) is 6.08 Å². The standard InChI is InChI=1S/C25H21ClO4/c1-17-5-3-4-6-22(17)23(27)13-9-19-7-11-21(12-8-19)30-25(28)16-29-24-14-10-20(26)15-18(24)2/h3-15H,16H2,1-2H3/b13-9+. The van der Waals surface area contributed by atoms with Gasteiger partial charge in [-0.3, -0.25) is 4.79 Å². The van der Waals surface area contributed by atoms with Gasteiger partial charge in [0.2, 0.25) is 0 Å². The quantitative estimate of drug-likeness (QED) is 0.208. The van der Waals surface area contributed by atoms with Crippen molar-refractivity contribution in [3.05, 3.63) is 100 Å². The molecule has 0 amide bonds. The Morgan fingerprint density at radius 1 is 0.933 bits per heavy atom. The molecule has 0 saturated carbocycles. The fourth-order valence-electron chi connectivity index (χ4n) is 2.83. The molecule has 0 heterocycles. The molecule has 5 heteroatoms. The van der Waals surface area contributed by atoms with Gasteiger partial charge in [0, 0.05) is 10.6 Å². The summed E-state index contributed by atoms with van der Waals surface area (Å²) in [6.07, 6.45) is 3.26. The molecule has 30 heavy (non-hydrogen) atoms. The Kier molecular flexibility index (Phi) is 7.04.